The summed E-state index contributed by atoms with van der Waals surface area (Å²) in [6.07, 6.45) is 4.85. The van der Waals surface area contributed by atoms with Gasteiger partial charge in [-0.1, -0.05) is 12.1 Å². The van der Waals surface area contributed by atoms with E-state index in [9.17, 15) is 5.11 Å². The molecule has 0 spiro atoms. The Kier molecular flexibility index (Phi) is 3.02. The van der Waals surface area contributed by atoms with E-state index in [0.29, 0.717) is 11.7 Å². The lowest BCUT2D eigenvalue weighted by Crippen LogP contribution is -2.40. The standard InChI is InChI=1S/C14H17N3O/c18-13-3-1-11(2-4-13)5-6-17-10-16-9-14(17)12-7-15-8-12/h1-4,9-10,12,15,18H,5-8H2. The van der Waals surface area contributed by atoms with E-state index in [0.717, 1.165) is 26.1 Å². The van der Waals surface area contributed by atoms with Crippen LogP contribution in [0.3, 0.4) is 0 Å². The van der Waals surface area contributed by atoms with Crippen LogP contribution in [-0.2, 0) is 13.0 Å². The number of phenolic OH excluding ortho intramolecular Hbond substituents is 1. The quantitative estimate of drug-likeness (QED) is 0.856. The van der Waals surface area contributed by atoms with Gasteiger partial charge in [-0.15, -0.1) is 0 Å². The van der Waals surface area contributed by atoms with E-state index in [-0.39, 0.29) is 0 Å². The van der Waals surface area contributed by atoms with Gasteiger partial charge in [-0.2, -0.15) is 0 Å². The number of imidazole rings is 1. The van der Waals surface area contributed by atoms with Crippen molar-refractivity contribution in [3.05, 3.63) is 48.0 Å². The lowest BCUT2D eigenvalue weighted by atomic mass is 10.00. The summed E-state index contributed by atoms with van der Waals surface area (Å²) in [5.41, 5.74) is 2.56. The lowest BCUT2D eigenvalue weighted by Gasteiger charge is -2.27. The Morgan fingerprint density at radius 1 is 1.28 bits per heavy atom. The Bertz CT molecular complexity index is 514. The largest absolute Gasteiger partial charge is 0.508 e. The topological polar surface area (TPSA) is 50.1 Å². The van der Waals surface area contributed by atoms with Crippen LogP contribution in [0.5, 0.6) is 5.75 Å². The lowest BCUT2D eigenvalue weighted by molar-refractivity contribution is 0.423. The Labute approximate surface area is 106 Å². The normalized spacial score (nSPS) is 15.6. The molecular weight excluding hydrogens is 226 g/mol. The van der Waals surface area contributed by atoms with Crippen molar-refractivity contribution in [1.82, 2.24) is 14.9 Å². The summed E-state index contributed by atoms with van der Waals surface area (Å²) in [5.74, 6) is 0.940. The Morgan fingerprint density at radius 3 is 2.72 bits per heavy atom. The van der Waals surface area contributed by atoms with Crippen molar-refractivity contribution >= 4 is 0 Å². The highest BCUT2D eigenvalue weighted by atomic mass is 16.3. The number of aromatic hydroxyl groups is 1. The van der Waals surface area contributed by atoms with Crippen LogP contribution in [0.15, 0.2) is 36.8 Å². The zero-order valence-corrected chi connectivity index (χ0v) is 10.2. The average Bonchev–Trinajstić information content (AvgIpc) is 2.74. The van der Waals surface area contributed by atoms with E-state index >= 15 is 0 Å². The number of aryl methyl sites for hydroxylation is 2. The number of aromatic nitrogens is 2. The molecule has 1 saturated heterocycles. The van der Waals surface area contributed by atoms with Crippen LogP contribution in [0, 0.1) is 0 Å². The van der Waals surface area contributed by atoms with Gasteiger partial charge < -0.3 is 15.0 Å². The van der Waals surface area contributed by atoms with Gasteiger partial charge in [0.25, 0.3) is 0 Å². The summed E-state index contributed by atoms with van der Waals surface area (Å²) in [5, 5.41) is 12.5. The minimum Gasteiger partial charge on any atom is -0.508 e. The smallest absolute Gasteiger partial charge is 0.115 e. The number of nitrogens with one attached hydrogen (secondary N) is 1. The van der Waals surface area contributed by atoms with Gasteiger partial charge in [-0.25, -0.2) is 4.98 Å². The van der Waals surface area contributed by atoms with Gasteiger partial charge in [0.1, 0.15) is 5.75 Å². The second-order valence-electron chi connectivity index (χ2n) is 4.78. The first-order valence-corrected chi connectivity index (χ1v) is 6.31. The fraction of sp³-hybridized carbons (Fsp3) is 0.357. The molecule has 0 atom stereocenters. The Balaban J connectivity index is 1.66. The van der Waals surface area contributed by atoms with Crippen molar-refractivity contribution in [2.45, 2.75) is 18.9 Å². The minimum absolute atomic E-state index is 0.322. The van der Waals surface area contributed by atoms with Crippen LogP contribution in [0.4, 0.5) is 0 Å². The molecule has 0 radical (unpaired) electrons. The molecule has 1 aromatic carbocycles. The van der Waals surface area contributed by atoms with Crippen LogP contribution in [-0.4, -0.2) is 27.7 Å². The molecule has 2 heterocycles. The summed E-state index contributed by atoms with van der Waals surface area (Å²) >= 11 is 0. The maximum Gasteiger partial charge on any atom is 0.115 e. The highest BCUT2D eigenvalue weighted by Crippen LogP contribution is 2.19. The van der Waals surface area contributed by atoms with Crippen molar-refractivity contribution in [3.63, 3.8) is 0 Å². The maximum atomic E-state index is 9.24. The molecule has 1 aliphatic rings. The van der Waals surface area contributed by atoms with Gasteiger partial charge in [0.15, 0.2) is 0 Å². The predicted molar refractivity (Wildman–Crippen MR) is 69.6 cm³/mol. The monoisotopic (exact) mass is 243 g/mol. The van der Waals surface area contributed by atoms with Crippen molar-refractivity contribution in [2.24, 2.45) is 0 Å². The number of benzene rings is 1. The third-order valence-electron chi connectivity index (χ3n) is 3.52. The fourth-order valence-corrected chi connectivity index (χ4v) is 2.27. The first kappa shape index (κ1) is 11.3. The number of nitrogens with zero attached hydrogens (tertiary/aromatic N) is 2. The number of hydrogen-bond acceptors (Lipinski definition) is 3. The van der Waals surface area contributed by atoms with Crippen LogP contribution < -0.4 is 5.32 Å². The van der Waals surface area contributed by atoms with Crippen LogP contribution in [0.2, 0.25) is 0 Å². The molecular formula is C14H17N3O. The second-order valence-corrected chi connectivity index (χ2v) is 4.78. The fourth-order valence-electron chi connectivity index (χ4n) is 2.27. The summed E-state index contributed by atoms with van der Waals surface area (Å²) in [6.45, 7) is 3.06. The van der Waals surface area contributed by atoms with Crippen LogP contribution in [0.1, 0.15) is 17.2 Å². The van der Waals surface area contributed by atoms with Crippen LogP contribution in [0.25, 0.3) is 0 Å². The predicted octanol–water partition coefficient (Wildman–Crippen LogP) is 1.52. The maximum absolute atomic E-state index is 9.24. The van der Waals surface area contributed by atoms with Gasteiger partial charge in [0.2, 0.25) is 0 Å². The molecule has 1 aromatic heterocycles. The summed E-state index contributed by atoms with van der Waals surface area (Å²) in [7, 11) is 0. The van der Waals surface area contributed by atoms with Gasteiger partial charge >= 0.3 is 0 Å². The molecule has 1 fully saturated rings. The third kappa shape index (κ3) is 2.24. The number of rotatable bonds is 4. The second kappa shape index (κ2) is 4.82. The SMILES string of the molecule is Oc1ccc(CCn2cncc2C2CNC2)cc1. The molecule has 4 nitrogen and oxygen atoms in total. The summed E-state index contributed by atoms with van der Waals surface area (Å²) in [4.78, 5) is 4.25. The first-order chi connectivity index (χ1) is 8.83. The third-order valence-corrected chi connectivity index (χ3v) is 3.52. The molecule has 0 bridgehead atoms. The summed E-state index contributed by atoms with van der Waals surface area (Å²) in [6, 6.07) is 7.41. The molecule has 2 N–H and O–H groups in total. The number of hydrogen-bond donors (Lipinski definition) is 2. The zero-order chi connectivity index (χ0) is 12.4. The van der Waals surface area contributed by atoms with E-state index < -0.39 is 0 Å². The molecule has 3 rings (SSSR count). The molecule has 2 aromatic rings. The van der Waals surface area contributed by atoms with E-state index in [4.69, 9.17) is 0 Å². The summed E-state index contributed by atoms with van der Waals surface area (Å²) < 4.78 is 2.23. The highest BCUT2D eigenvalue weighted by Gasteiger charge is 2.21. The highest BCUT2D eigenvalue weighted by molar-refractivity contribution is 5.26. The molecule has 1 aliphatic heterocycles. The molecule has 0 saturated carbocycles. The molecule has 4 heteroatoms. The zero-order valence-electron chi connectivity index (χ0n) is 10.2. The van der Waals surface area contributed by atoms with Gasteiger partial charge in [-0.05, 0) is 24.1 Å². The Hall–Kier alpha value is -1.81. The van der Waals surface area contributed by atoms with Crippen molar-refractivity contribution in [2.75, 3.05) is 13.1 Å². The van der Waals surface area contributed by atoms with E-state index in [2.05, 4.69) is 14.9 Å². The van der Waals surface area contributed by atoms with E-state index in [1.165, 1.54) is 11.3 Å². The van der Waals surface area contributed by atoms with E-state index in [1.54, 1.807) is 12.1 Å². The van der Waals surface area contributed by atoms with Crippen molar-refractivity contribution in [1.29, 1.82) is 0 Å². The molecule has 0 aliphatic carbocycles. The van der Waals surface area contributed by atoms with Gasteiger partial charge in [-0.3, -0.25) is 0 Å². The molecule has 18 heavy (non-hydrogen) atoms. The van der Waals surface area contributed by atoms with Crippen molar-refractivity contribution in [3.8, 4) is 5.75 Å². The molecule has 94 valence electrons. The van der Waals surface area contributed by atoms with Crippen molar-refractivity contribution < 1.29 is 5.11 Å². The molecule has 0 unspecified atom stereocenters. The van der Waals surface area contributed by atoms with Gasteiger partial charge in [0, 0.05) is 37.4 Å². The first-order valence-electron chi connectivity index (χ1n) is 6.31. The Morgan fingerprint density at radius 2 is 2.06 bits per heavy atom. The van der Waals surface area contributed by atoms with Crippen LogP contribution >= 0.6 is 0 Å². The van der Waals surface area contributed by atoms with E-state index in [1.807, 2.05) is 24.7 Å². The average molecular weight is 243 g/mol. The molecule has 0 amide bonds. The minimum atomic E-state index is 0.322. The van der Waals surface area contributed by atoms with Gasteiger partial charge in [0.05, 0.1) is 6.33 Å². The number of phenols is 1.